The normalized spacial score (nSPS) is 16.1. The van der Waals surface area contributed by atoms with Gasteiger partial charge in [0.1, 0.15) is 10.7 Å². The van der Waals surface area contributed by atoms with Crippen molar-refractivity contribution in [3.63, 3.8) is 0 Å². The van der Waals surface area contributed by atoms with E-state index in [1.54, 1.807) is 42.6 Å². The first-order valence-corrected chi connectivity index (χ1v) is 13.3. The van der Waals surface area contributed by atoms with Crippen LogP contribution in [-0.2, 0) is 4.79 Å². The average Bonchev–Trinajstić information content (AvgIpc) is 3.67. The van der Waals surface area contributed by atoms with Gasteiger partial charge in [-0.2, -0.15) is 4.98 Å². The van der Waals surface area contributed by atoms with E-state index in [-0.39, 0.29) is 11.7 Å². The Morgan fingerprint density at radius 3 is 2.48 bits per heavy atom. The number of aromatic nitrogens is 3. The van der Waals surface area contributed by atoms with E-state index in [0.29, 0.717) is 50.0 Å². The van der Waals surface area contributed by atoms with E-state index < -0.39 is 11.0 Å². The predicted octanol–water partition coefficient (Wildman–Crippen LogP) is 4.56. The number of methoxy groups -OCH3 is 3. The van der Waals surface area contributed by atoms with Crippen molar-refractivity contribution in [3.05, 3.63) is 47.5 Å². The van der Waals surface area contributed by atoms with Gasteiger partial charge in [-0.15, -0.1) is 0 Å². The van der Waals surface area contributed by atoms with Crippen molar-refractivity contribution in [1.29, 1.82) is 0 Å². The number of thiazole rings is 1. The largest absolute Gasteiger partial charge is 0.493 e. The SMILES string of the molecule is COc1cc(Nc2nc(N)c(-c3nc(-c4cccc(NC5(C(=O)O)NC=C(C)S5)c4)no3)s2)cc(OC)c1OC. The predicted molar refractivity (Wildman–Crippen MR) is 153 cm³/mol. The number of anilines is 4. The minimum absolute atomic E-state index is 0.191. The lowest BCUT2D eigenvalue weighted by molar-refractivity contribution is -0.139. The van der Waals surface area contributed by atoms with Crippen LogP contribution in [0.1, 0.15) is 6.92 Å². The summed E-state index contributed by atoms with van der Waals surface area (Å²) in [6, 6.07) is 10.5. The van der Waals surface area contributed by atoms with Gasteiger partial charge in [-0.1, -0.05) is 40.4 Å². The monoisotopic (exact) mass is 583 g/mol. The standard InChI is InChI=1S/C25H25N7O6S2/c1-12-11-27-25(40-12,23(33)34)31-14-7-5-6-13(8-14)21-30-22(38-32-21)19-20(26)29-24(39-19)28-15-9-16(35-2)18(37-4)17(10-15)36-3/h5-11,27,31H,26H2,1-4H3,(H,28,29)(H,33,34). The summed E-state index contributed by atoms with van der Waals surface area (Å²) >= 11 is 2.40. The molecule has 2 aromatic heterocycles. The third kappa shape index (κ3) is 5.15. The Bertz CT molecular complexity index is 1580. The van der Waals surface area contributed by atoms with Crippen molar-refractivity contribution in [2.75, 3.05) is 37.7 Å². The number of hydrogen-bond donors (Lipinski definition) is 5. The minimum atomic E-state index is -1.41. The van der Waals surface area contributed by atoms with E-state index in [9.17, 15) is 9.90 Å². The molecule has 40 heavy (non-hydrogen) atoms. The van der Waals surface area contributed by atoms with Crippen LogP contribution in [0.5, 0.6) is 17.2 Å². The zero-order valence-corrected chi connectivity index (χ0v) is 23.4. The fourth-order valence-corrected chi connectivity index (χ4v) is 5.71. The zero-order valence-electron chi connectivity index (χ0n) is 21.8. The van der Waals surface area contributed by atoms with Crippen molar-refractivity contribution in [2.24, 2.45) is 0 Å². The Balaban J connectivity index is 1.37. The highest BCUT2D eigenvalue weighted by Gasteiger charge is 2.42. The smallest absolute Gasteiger partial charge is 0.362 e. The van der Waals surface area contributed by atoms with Crippen molar-refractivity contribution in [1.82, 2.24) is 20.4 Å². The van der Waals surface area contributed by atoms with E-state index in [1.165, 1.54) is 44.4 Å². The maximum atomic E-state index is 12.0. The summed E-state index contributed by atoms with van der Waals surface area (Å²) in [5.41, 5.74) is 8.00. The summed E-state index contributed by atoms with van der Waals surface area (Å²) in [6.45, 7) is 1.83. The quantitative estimate of drug-likeness (QED) is 0.175. The molecule has 1 unspecified atom stereocenters. The van der Waals surface area contributed by atoms with Crippen LogP contribution < -0.4 is 35.9 Å². The van der Waals surface area contributed by atoms with Gasteiger partial charge in [-0.3, -0.25) is 0 Å². The number of aliphatic carboxylic acids is 1. The topological polar surface area (TPSA) is 179 Å². The second-order valence-electron chi connectivity index (χ2n) is 8.39. The Morgan fingerprint density at radius 1 is 1.10 bits per heavy atom. The molecule has 0 aliphatic carbocycles. The van der Waals surface area contributed by atoms with Gasteiger partial charge in [-0.25, -0.2) is 9.78 Å². The number of carbonyl (C=O) groups is 1. The maximum Gasteiger partial charge on any atom is 0.362 e. The lowest BCUT2D eigenvalue weighted by Crippen LogP contribution is -2.51. The summed E-state index contributed by atoms with van der Waals surface area (Å²) < 4.78 is 21.7. The first-order chi connectivity index (χ1) is 19.2. The molecule has 1 aliphatic rings. The van der Waals surface area contributed by atoms with Gasteiger partial charge in [0.2, 0.25) is 11.6 Å². The molecule has 0 amide bonds. The number of benzene rings is 2. The number of carboxylic acids is 1. The van der Waals surface area contributed by atoms with E-state index in [1.807, 2.05) is 6.92 Å². The van der Waals surface area contributed by atoms with Crippen LogP contribution in [0.2, 0.25) is 0 Å². The second-order valence-corrected chi connectivity index (χ2v) is 10.8. The van der Waals surface area contributed by atoms with Gasteiger partial charge in [0, 0.05) is 40.2 Å². The molecule has 208 valence electrons. The summed E-state index contributed by atoms with van der Waals surface area (Å²) in [7, 11) is 4.60. The highest BCUT2D eigenvalue weighted by molar-refractivity contribution is 8.05. The second kappa shape index (κ2) is 10.9. The molecule has 0 spiro atoms. The summed E-state index contributed by atoms with van der Waals surface area (Å²) in [4.78, 5) is 20.8. The van der Waals surface area contributed by atoms with Crippen LogP contribution in [0.25, 0.3) is 22.2 Å². The van der Waals surface area contributed by atoms with Crippen molar-refractivity contribution >= 4 is 51.4 Å². The molecule has 0 fully saturated rings. The van der Waals surface area contributed by atoms with E-state index in [4.69, 9.17) is 24.5 Å². The Hall–Kier alpha value is -4.63. The van der Waals surface area contributed by atoms with Gasteiger partial charge in [0.05, 0.1) is 21.3 Å². The molecule has 6 N–H and O–H groups in total. The lowest BCUT2D eigenvalue weighted by atomic mass is 10.2. The van der Waals surface area contributed by atoms with Crippen LogP contribution >= 0.6 is 23.1 Å². The number of nitrogens with one attached hydrogen (secondary N) is 3. The third-order valence-corrected chi connectivity index (χ3v) is 7.84. The van der Waals surface area contributed by atoms with Gasteiger partial charge < -0.3 is 45.5 Å². The third-order valence-electron chi connectivity index (χ3n) is 5.72. The first kappa shape index (κ1) is 27.0. The van der Waals surface area contributed by atoms with Crippen molar-refractivity contribution in [3.8, 4) is 39.4 Å². The molecular formula is C25H25N7O6S2. The summed E-state index contributed by atoms with van der Waals surface area (Å²) in [5.74, 6) is 1.09. The van der Waals surface area contributed by atoms with Crippen LogP contribution in [0.3, 0.4) is 0 Å². The Labute approximate surface area is 236 Å². The Morgan fingerprint density at radius 2 is 1.85 bits per heavy atom. The van der Waals surface area contributed by atoms with E-state index >= 15 is 0 Å². The lowest BCUT2D eigenvalue weighted by Gasteiger charge is -2.26. The van der Waals surface area contributed by atoms with E-state index in [2.05, 4.69) is 31.1 Å². The van der Waals surface area contributed by atoms with Crippen LogP contribution in [0.15, 0.2) is 52.0 Å². The number of thioether (sulfide) groups is 1. The van der Waals surface area contributed by atoms with Crippen molar-refractivity contribution in [2.45, 2.75) is 11.9 Å². The number of nitrogens with two attached hydrogens (primary N) is 1. The van der Waals surface area contributed by atoms with Gasteiger partial charge in [0.15, 0.2) is 16.6 Å². The van der Waals surface area contributed by atoms with Crippen LogP contribution in [0.4, 0.5) is 22.3 Å². The molecule has 5 rings (SSSR count). The van der Waals surface area contributed by atoms with Gasteiger partial charge in [-0.05, 0) is 19.1 Å². The zero-order chi connectivity index (χ0) is 28.4. The molecule has 13 nitrogen and oxygen atoms in total. The van der Waals surface area contributed by atoms with Gasteiger partial charge in [0.25, 0.3) is 10.9 Å². The molecule has 0 radical (unpaired) electrons. The number of allylic oxidation sites excluding steroid dienone is 1. The molecule has 4 aromatic rings. The highest BCUT2D eigenvalue weighted by atomic mass is 32.2. The van der Waals surface area contributed by atoms with Crippen LogP contribution in [-0.4, -0.2) is 52.5 Å². The molecule has 0 saturated heterocycles. The molecule has 1 atom stereocenters. The van der Waals surface area contributed by atoms with E-state index in [0.717, 1.165) is 4.91 Å². The van der Waals surface area contributed by atoms with Crippen LogP contribution in [0, 0.1) is 0 Å². The fourth-order valence-electron chi connectivity index (χ4n) is 3.91. The molecule has 0 saturated carbocycles. The van der Waals surface area contributed by atoms with Gasteiger partial charge >= 0.3 is 5.97 Å². The molecule has 0 bridgehead atoms. The molecular weight excluding hydrogens is 558 g/mol. The Kier molecular flexibility index (Phi) is 7.32. The molecule has 2 aromatic carbocycles. The highest BCUT2D eigenvalue weighted by Crippen LogP contribution is 2.42. The summed E-state index contributed by atoms with van der Waals surface area (Å²) in [6.07, 6.45) is 1.66. The first-order valence-electron chi connectivity index (χ1n) is 11.7. The molecule has 1 aliphatic heterocycles. The molecule has 3 heterocycles. The average molecular weight is 584 g/mol. The number of nitrogen functional groups attached to an aromatic ring is 1. The number of rotatable bonds is 10. The summed E-state index contributed by atoms with van der Waals surface area (Å²) in [5, 5.41) is 23.5. The molecule has 15 heteroatoms. The number of ether oxygens (including phenoxy) is 3. The maximum absolute atomic E-state index is 12.0. The fraction of sp³-hybridized carbons (Fsp3) is 0.200. The number of nitrogens with zero attached hydrogens (tertiary/aromatic N) is 3. The minimum Gasteiger partial charge on any atom is -0.493 e. The number of carboxylic acid groups (broad SMARTS) is 1. The van der Waals surface area contributed by atoms with Crippen molar-refractivity contribution < 1.29 is 28.6 Å². The number of hydrogen-bond acceptors (Lipinski definition) is 14.